The van der Waals surface area contributed by atoms with Crippen LogP contribution in [0.1, 0.15) is 36.0 Å². The van der Waals surface area contributed by atoms with Crippen LogP contribution in [0.25, 0.3) is 0 Å². The molecule has 5 nitrogen and oxygen atoms in total. The topological polar surface area (TPSA) is 80.0 Å². The largest absolute Gasteiger partial charge is 0.349 e. The number of rotatable bonds is 3. The Kier molecular flexibility index (Phi) is 3.36. The van der Waals surface area contributed by atoms with E-state index in [0.29, 0.717) is 17.4 Å². The fourth-order valence-corrected chi connectivity index (χ4v) is 1.95. The van der Waals surface area contributed by atoms with E-state index < -0.39 is 0 Å². The number of nitrogens with one attached hydrogen (secondary N) is 2. The molecule has 16 heavy (non-hydrogen) atoms. The maximum absolute atomic E-state index is 11.8. The number of anilines is 1. The molecule has 0 spiro atoms. The number of nitrogens with two attached hydrogens (primary N) is 1. The molecule has 2 rings (SSSR count). The average molecular weight is 220 g/mol. The summed E-state index contributed by atoms with van der Waals surface area (Å²) in [5, 5.41) is 3.00. The van der Waals surface area contributed by atoms with Crippen molar-refractivity contribution in [2.45, 2.75) is 31.7 Å². The highest BCUT2D eigenvalue weighted by molar-refractivity contribution is 5.94. The fourth-order valence-electron chi connectivity index (χ4n) is 1.95. The van der Waals surface area contributed by atoms with E-state index >= 15 is 0 Å². The van der Waals surface area contributed by atoms with Crippen LogP contribution in [0.15, 0.2) is 18.3 Å². The molecule has 0 radical (unpaired) electrons. The van der Waals surface area contributed by atoms with Gasteiger partial charge in [0, 0.05) is 12.2 Å². The van der Waals surface area contributed by atoms with Crippen molar-refractivity contribution in [1.82, 2.24) is 10.3 Å². The summed E-state index contributed by atoms with van der Waals surface area (Å²) >= 11 is 0. The van der Waals surface area contributed by atoms with Crippen LogP contribution >= 0.6 is 0 Å². The minimum Gasteiger partial charge on any atom is -0.349 e. The Labute approximate surface area is 94.4 Å². The van der Waals surface area contributed by atoms with Crippen LogP contribution in [0.2, 0.25) is 0 Å². The smallest absolute Gasteiger partial charge is 0.253 e. The van der Waals surface area contributed by atoms with Crippen molar-refractivity contribution in [3.05, 3.63) is 23.9 Å². The lowest BCUT2D eigenvalue weighted by atomic mass is 10.2. The molecule has 1 aromatic rings. The minimum absolute atomic E-state index is 0.0528. The highest BCUT2D eigenvalue weighted by atomic mass is 16.1. The van der Waals surface area contributed by atoms with Gasteiger partial charge in [0.25, 0.3) is 5.91 Å². The van der Waals surface area contributed by atoms with Crippen LogP contribution in [0.5, 0.6) is 0 Å². The van der Waals surface area contributed by atoms with E-state index in [-0.39, 0.29) is 5.91 Å². The van der Waals surface area contributed by atoms with Crippen molar-refractivity contribution >= 4 is 11.7 Å². The normalized spacial score (nSPS) is 16.1. The van der Waals surface area contributed by atoms with Crippen LogP contribution in [-0.4, -0.2) is 16.9 Å². The SMILES string of the molecule is NNc1ccc(C(=O)NC2CCCC2)cn1. The summed E-state index contributed by atoms with van der Waals surface area (Å²) in [6.45, 7) is 0. The number of hydrazine groups is 1. The first-order chi connectivity index (χ1) is 7.79. The summed E-state index contributed by atoms with van der Waals surface area (Å²) in [7, 11) is 0. The fraction of sp³-hybridized carbons (Fsp3) is 0.455. The summed E-state index contributed by atoms with van der Waals surface area (Å²) in [6.07, 6.45) is 6.11. The van der Waals surface area contributed by atoms with Gasteiger partial charge >= 0.3 is 0 Å². The highest BCUT2D eigenvalue weighted by Gasteiger charge is 2.17. The zero-order valence-electron chi connectivity index (χ0n) is 9.07. The third-order valence-corrected chi connectivity index (χ3v) is 2.86. The molecular weight excluding hydrogens is 204 g/mol. The Bertz CT molecular complexity index is 357. The number of carbonyl (C=O) groups excluding carboxylic acids is 1. The van der Waals surface area contributed by atoms with Crippen molar-refractivity contribution in [2.75, 3.05) is 5.43 Å². The van der Waals surface area contributed by atoms with Gasteiger partial charge in [0.15, 0.2) is 0 Å². The van der Waals surface area contributed by atoms with Gasteiger partial charge in [-0.3, -0.25) is 4.79 Å². The van der Waals surface area contributed by atoms with E-state index in [1.165, 1.54) is 19.0 Å². The maximum atomic E-state index is 11.8. The molecule has 1 heterocycles. The van der Waals surface area contributed by atoms with Gasteiger partial charge in [0.1, 0.15) is 5.82 Å². The summed E-state index contributed by atoms with van der Waals surface area (Å²) < 4.78 is 0. The van der Waals surface area contributed by atoms with E-state index in [0.717, 1.165) is 12.8 Å². The summed E-state index contributed by atoms with van der Waals surface area (Å²) in [4.78, 5) is 15.8. The lowest BCUT2D eigenvalue weighted by Crippen LogP contribution is -2.32. The van der Waals surface area contributed by atoms with Crippen LogP contribution in [-0.2, 0) is 0 Å². The Morgan fingerprint density at radius 2 is 2.12 bits per heavy atom. The number of nitrogens with zero attached hydrogens (tertiary/aromatic N) is 1. The van der Waals surface area contributed by atoms with Gasteiger partial charge in [0.05, 0.1) is 5.56 Å². The number of nitrogen functional groups attached to an aromatic ring is 1. The first-order valence-corrected chi connectivity index (χ1v) is 5.53. The first-order valence-electron chi connectivity index (χ1n) is 5.53. The molecule has 0 bridgehead atoms. The van der Waals surface area contributed by atoms with Crippen LogP contribution in [0, 0.1) is 0 Å². The van der Waals surface area contributed by atoms with E-state index in [2.05, 4.69) is 15.7 Å². The second kappa shape index (κ2) is 4.94. The second-order valence-corrected chi connectivity index (χ2v) is 4.03. The molecule has 1 saturated carbocycles. The third kappa shape index (κ3) is 2.49. The third-order valence-electron chi connectivity index (χ3n) is 2.86. The van der Waals surface area contributed by atoms with Gasteiger partial charge in [0.2, 0.25) is 0 Å². The molecule has 0 unspecified atom stereocenters. The molecular formula is C11H16N4O. The van der Waals surface area contributed by atoms with E-state index in [1.807, 2.05) is 0 Å². The minimum atomic E-state index is -0.0528. The molecule has 86 valence electrons. The first kappa shape index (κ1) is 10.9. The van der Waals surface area contributed by atoms with Gasteiger partial charge < -0.3 is 10.7 Å². The molecule has 0 atom stereocenters. The van der Waals surface area contributed by atoms with Crippen LogP contribution in [0.3, 0.4) is 0 Å². The van der Waals surface area contributed by atoms with Crippen molar-refractivity contribution in [3.8, 4) is 0 Å². The van der Waals surface area contributed by atoms with E-state index in [4.69, 9.17) is 5.84 Å². The lowest BCUT2D eigenvalue weighted by Gasteiger charge is -2.11. The highest BCUT2D eigenvalue weighted by Crippen LogP contribution is 2.18. The number of carbonyl (C=O) groups is 1. The molecule has 1 aromatic heterocycles. The molecule has 0 aromatic carbocycles. The van der Waals surface area contributed by atoms with Gasteiger partial charge in [-0.2, -0.15) is 0 Å². The zero-order valence-corrected chi connectivity index (χ0v) is 9.07. The van der Waals surface area contributed by atoms with E-state index in [9.17, 15) is 4.79 Å². The number of amides is 1. The van der Waals surface area contributed by atoms with Crippen molar-refractivity contribution in [1.29, 1.82) is 0 Å². The van der Waals surface area contributed by atoms with Crippen molar-refractivity contribution in [3.63, 3.8) is 0 Å². The lowest BCUT2D eigenvalue weighted by molar-refractivity contribution is 0.0937. The predicted octanol–water partition coefficient (Wildman–Crippen LogP) is 1.04. The molecule has 5 heteroatoms. The summed E-state index contributed by atoms with van der Waals surface area (Å²) in [5.74, 6) is 5.70. The molecule has 1 aliphatic rings. The number of hydrogen-bond donors (Lipinski definition) is 3. The number of hydrogen-bond acceptors (Lipinski definition) is 4. The maximum Gasteiger partial charge on any atom is 0.253 e. The Hall–Kier alpha value is -1.62. The monoisotopic (exact) mass is 220 g/mol. The molecule has 1 amide bonds. The van der Waals surface area contributed by atoms with Gasteiger partial charge in [-0.1, -0.05) is 12.8 Å². The van der Waals surface area contributed by atoms with E-state index in [1.54, 1.807) is 12.1 Å². The predicted molar refractivity (Wildman–Crippen MR) is 61.8 cm³/mol. The molecule has 1 aliphatic carbocycles. The van der Waals surface area contributed by atoms with Gasteiger partial charge in [-0.15, -0.1) is 0 Å². The Morgan fingerprint density at radius 1 is 1.38 bits per heavy atom. The van der Waals surface area contributed by atoms with Crippen LogP contribution < -0.4 is 16.6 Å². The summed E-state index contributed by atoms with van der Waals surface area (Å²) in [6, 6.07) is 3.73. The van der Waals surface area contributed by atoms with Crippen LogP contribution in [0.4, 0.5) is 5.82 Å². The standard InChI is InChI=1S/C11H16N4O/c12-15-10-6-5-8(7-13-10)11(16)14-9-3-1-2-4-9/h5-7,9H,1-4,12H2,(H,13,15)(H,14,16). The zero-order chi connectivity index (χ0) is 11.4. The molecule has 4 N–H and O–H groups in total. The molecule has 0 saturated heterocycles. The number of aromatic nitrogens is 1. The molecule has 1 fully saturated rings. The number of pyridine rings is 1. The van der Waals surface area contributed by atoms with Gasteiger partial charge in [-0.25, -0.2) is 10.8 Å². The average Bonchev–Trinajstić information content (AvgIpc) is 2.82. The van der Waals surface area contributed by atoms with Gasteiger partial charge in [-0.05, 0) is 25.0 Å². The Morgan fingerprint density at radius 3 is 2.69 bits per heavy atom. The van der Waals surface area contributed by atoms with Crippen molar-refractivity contribution in [2.24, 2.45) is 5.84 Å². The summed E-state index contributed by atoms with van der Waals surface area (Å²) in [5.41, 5.74) is 3.00. The van der Waals surface area contributed by atoms with Crippen molar-refractivity contribution < 1.29 is 4.79 Å². The second-order valence-electron chi connectivity index (χ2n) is 4.03. The molecule has 0 aliphatic heterocycles. The quantitative estimate of drug-likeness (QED) is 0.525. The Balaban J connectivity index is 1.97.